The van der Waals surface area contributed by atoms with E-state index in [-0.39, 0.29) is 17.6 Å². The molecular formula is C40H39N3. The Morgan fingerprint density at radius 2 is 1.47 bits per heavy atom. The van der Waals surface area contributed by atoms with Gasteiger partial charge in [0.2, 0.25) is 0 Å². The lowest BCUT2D eigenvalue weighted by molar-refractivity contribution is 0.528. The van der Waals surface area contributed by atoms with Crippen molar-refractivity contribution in [3.8, 4) is 22.3 Å². The van der Waals surface area contributed by atoms with Crippen molar-refractivity contribution in [3.05, 3.63) is 161 Å². The Morgan fingerprint density at radius 1 is 0.767 bits per heavy atom. The molecule has 0 radical (unpaired) electrons. The second-order valence-corrected chi connectivity index (χ2v) is 11.8. The summed E-state index contributed by atoms with van der Waals surface area (Å²) < 4.78 is 0. The minimum atomic E-state index is -0.347. The molecule has 0 saturated heterocycles. The molecule has 3 heteroatoms. The standard InChI is InChI=1S/C40H39N3/c1-4-5-18-36(41)37(43-39(42)29-12-7-6-8-13-29)24-21-27-19-22-28(23-20-27)32-16-11-17-34-38(32)33-25-30-14-9-10-15-31(30)26-35(33)40(34,2)3/h4-26,37,39,43H,41-42H2,1-3H3/b5-4-,24-21+,36-18-. The van der Waals surface area contributed by atoms with E-state index in [0.717, 1.165) is 11.1 Å². The van der Waals surface area contributed by atoms with E-state index < -0.39 is 0 Å². The highest BCUT2D eigenvalue weighted by Gasteiger charge is 2.37. The summed E-state index contributed by atoms with van der Waals surface area (Å²) in [7, 11) is 0. The number of hydrogen-bond donors (Lipinski definition) is 3. The molecule has 0 heterocycles. The van der Waals surface area contributed by atoms with Gasteiger partial charge in [0.25, 0.3) is 0 Å². The van der Waals surface area contributed by atoms with Gasteiger partial charge >= 0.3 is 0 Å². The zero-order valence-corrected chi connectivity index (χ0v) is 25.1. The van der Waals surface area contributed by atoms with Gasteiger partial charge in [0.15, 0.2) is 0 Å². The number of nitrogens with two attached hydrogens (primary N) is 2. The largest absolute Gasteiger partial charge is 0.400 e. The number of hydrogen-bond acceptors (Lipinski definition) is 3. The predicted molar refractivity (Wildman–Crippen MR) is 183 cm³/mol. The zero-order valence-electron chi connectivity index (χ0n) is 25.1. The van der Waals surface area contributed by atoms with Crippen molar-refractivity contribution in [2.45, 2.75) is 38.4 Å². The first-order valence-electron chi connectivity index (χ1n) is 15.0. The molecular weight excluding hydrogens is 522 g/mol. The van der Waals surface area contributed by atoms with E-state index in [2.05, 4.69) is 110 Å². The molecule has 2 unspecified atom stereocenters. The maximum absolute atomic E-state index is 6.50. The van der Waals surface area contributed by atoms with E-state index in [1.807, 2.05) is 55.5 Å². The fourth-order valence-corrected chi connectivity index (χ4v) is 6.22. The molecule has 3 nitrogen and oxygen atoms in total. The molecule has 214 valence electrons. The fraction of sp³-hybridized carbons (Fsp3) is 0.150. The number of nitrogens with one attached hydrogen (secondary N) is 1. The molecule has 1 aliphatic carbocycles. The van der Waals surface area contributed by atoms with E-state index in [1.165, 1.54) is 44.2 Å². The minimum absolute atomic E-state index is 0.0591. The quantitative estimate of drug-likeness (QED) is 0.131. The van der Waals surface area contributed by atoms with Gasteiger partial charge in [0, 0.05) is 11.1 Å². The van der Waals surface area contributed by atoms with Crippen LogP contribution in [0.4, 0.5) is 0 Å². The number of benzene rings is 5. The van der Waals surface area contributed by atoms with Crippen LogP contribution >= 0.6 is 0 Å². The lowest BCUT2D eigenvalue weighted by Gasteiger charge is -2.22. The second-order valence-electron chi connectivity index (χ2n) is 11.8. The van der Waals surface area contributed by atoms with Crippen LogP contribution in [0.25, 0.3) is 39.1 Å². The fourth-order valence-electron chi connectivity index (χ4n) is 6.22. The summed E-state index contributed by atoms with van der Waals surface area (Å²) in [4.78, 5) is 0. The second kappa shape index (κ2) is 11.9. The molecule has 0 fully saturated rings. The van der Waals surface area contributed by atoms with Crippen LogP contribution in [0.3, 0.4) is 0 Å². The van der Waals surface area contributed by atoms with Gasteiger partial charge in [-0.3, -0.25) is 5.32 Å². The highest BCUT2D eigenvalue weighted by Crippen LogP contribution is 2.53. The maximum atomic E-state index is 6.50. The average molecular weight is 562 g/mol. The van der Waals surface area contributed by atoms with Crippen LogP contribution < -0.4 is 16.8 Å². The van der Waals surface area contributed by atoms with E-state index in [0.29, 0.717) is 5.70 Å². The average Bonchev–Trinajstić information content (AvgIpc) is 3.27. The lowest BCUT2D eigenvalue weighted by atomic mass is 9.81. The topological polar surface area (TPSA) is 64.1 Å². The zero-order chi connectivity index (χ0) is 30.0. The van der Waals surface area contributed by atoms with Crippen LogP contribution in [0.5, 0.6) is 0 Å². The minimum Gasteiger partial charge on any atom is -0.400 e. The van der Waals surface area contributed by atoms with E-state index in [1.54, 1.807) is 0 Å². The smallest absolute Gasteiger partial charge is 0.0817 e. The first kappa shape index (κ1) is 28.4. The van der Waals surface area contributed by atoms with Gasteiger partial charge in [-0.25, -0.2) is 0 Å². The van der Waals surface area contributed by atoms with E-state index >= 15 is 0 Å². The van der Waals surface area contributed by atoms with Crippen molar-refractivity contribution in [1.82, 2.24) is 5.32 Å². The van der Waals surface area contributed by atoms with Crippen LogP contribution in [-0.4, -0.2) is 6.04 Å². The first-order chi connectivity index (χ1) is 20.9. The monoisotopic (exact) mass is 561 g/mol. The molecule has 1 aliphatic rings. The molecule has 0 aromatic heterocycles. The number of fused-ring (bicyclic) bond motifs is 4. The summed E-state index contributed by atoms with van der Waals surface area (Å²) in [5, 5.41) is 6.04. The van der Waals surface area contributed by atoms with Gasteiger partial charge in [0.05, 0.1) is 12.2 Å². The Hall–Kier alpha value is -4.70. The molecule has 0 saturated carbocycles. The van der Waals surface area contributed by atoms with Gasteiger partial charge in [-0.15, -0.1) is 0 Å². The number of rotatable bonds is 8. The Kier molecular flexibility index (Phi) is 7.86. The number of allylic oxidation sites excluding steroid dienone is 3. The summed E-state index contributed by atoms with van der Waals surface area (Å²) in [6.07, 6.45) is 9.67. The van der Waals surface area contributed by atoms with Gasteiger partial charge < -0.3 is 11.5 Å². The summed E-state index contributed by atoms with van der Waals surface area (Å²) in [5.74, 6) is 0. The van der Waals surface area contributed by atoms with Crippen LogP contribution in [0.15, 0.2) is 139 Å². The van der Waals surface area contributed by atoms with Crippen LogP contribution in [0.2, 0.25) is 0 Å². The third-order valence-corrected chi connectivity index (χ3v) is 8.63. The molecule has 2 atom stereocenters. The summed E-state index contributed by atoms with van der Waals surface area (Å²) in [6, 6.07) is 38.7. The third-order valence-electron chi connectivity index (χ3n) is 8.63. The lowest BCUT2D eigenvalue weighted by Crippen LogP contribution is -2.39. The van der Waals surface area contributed by atoms with Crippen molar-refractivity contribution in [2.75, 3.05) is 0 Å². The molecule has 0 bridgehead atoms. The Balaban J connectivity index is 1.31. The molecule has 5 N–H and O–H groups in total. The maximum Gasteiger partial charge on any atom is 0.0817 e. The highest BCUT2D eigenvalue weighted by molar-refractivity contribution is 5.98. The van der Waals surface area contributed by atoms with Crippen LogP contribution in [0.1, 0.15) is 49.2 Å². The summed E-state index contributed by atoms with van der Waals surface area (Å²) in [6.45, 7) is 6.66. The van der Waals surface area contributed by atoms with Crippen molar-refractivity contribution in [1.29, 1.82) is 0 Å². The van der Waals surface area contributed by atoms with Crippen molar-refractivity contribution in [3.63, 3.8) is 0 Å². The summed E-state index contributed by atoms with van der Waals surface area (Å²) in [5.41, 5.74) is 23.7. The van der Waals surface area contributed by atoms with Gasteiger partial charge in [-0.05, 0) is 80.4 Å². The van der Waals surface area contributed by atoms with E-state index in [4.69, 9.17) is 11.5 Å². The van der Waals surface area contributed by atoms with Gasteiger partial charge in [0.1, 0.15) is 0 Å². The molecule has 43 heavy (non-hydrogen) atoms. The first-order valence-corrected chi connectivity index (χ1v) is 15.0. The van der Waals surface area contributed by atoms with Crippen LogP contribution in [0, 0.1) is 0 Å². The summed E-state index contributed by atoms with van der Waals surface area (Å²) >= 11 is 0. The molecule has 0 amide bonds. The Bertz CT molecular complexity index is 1840. The molecule has 0 spiro atoms. The molecule has 5 aromatic carbocycles. The SMILES string of the molecule is C/C=C\C=C(/N)C(/C=C/c1ccc(-c2cccc3c2-c2cc4ccccc4cc2C3(C)C)cc1)NC(N)c1ccccc1. The van der Waals surface area contributed by atoms with Gasteiger partial charge in [-0.1, -0.05) is 135 Å². The van der Waals surface area contributed by atoms with Crippen molar-refractivity contribution in [2.24, 2.45) is 11.5 Å². The normalized spacial score (nSPS) is 15.6. The molecule has 5 aromatic rings. The van der Waals surface area contributed by atoms with Crippen molar-refractivity contribution < 1.29 is 0 Å². The highest BCUT2D eigenvalue weighted by atomic mass is 15.1. The van der Waals surface area contributed by atoms with Gasteiger partial charge in [-0.2, -0.15) is 0 Å². The predicted octanol–water partition coefficient (Wildman–Crippen LogP) is 8.86. The third kappa shape index (κ3) is 5.58. The van der Waals surface area contributed by atoms with Crippen LogP contribution in [-0.2, 0) is 5.41 Å². The Morgan fingerprint density at radius 3 is 2.19 bits per heavy atom. The van der Waals surface area contributed by atoms with E-state index in [9.17, 15) is 0 Å². The Labute approximate surface area is 255 Å². The molecule has 0 aliphatic heterocycles. The molecule has 6 rings (SSSR count). The van der Waals surface area contributed by atoms with Crippen molar-refractivity contribution >= 4 is 16.8 Å².